The van der Waals surface area contributed by atoms with Crippen LogP contribution in [0.5, 0.6) is 0 Å². The van der Waals surface area contributed by atoms with Crippen LogP contribution in [-0.2, 0) is 4.74 Å². The quantitative estimate of drug-likeness (QED) is 0.800. The molecule has 3 nitrogen and oxygen atoms in total. The summed E-state index contributed by atoms with van der Waals surface area (Å²) < 4.78 is 5.00. The number of anilines is 2. The van der Waals surface area contributed by atoms with Crippen LogP contribution in [0.4, 0.5) is 11.4 Å². The monoisotopic (exact) mass is 262 g/mol. The van der Waals surface area contributed by atoms with Gasteiger partial charge >= 0.3 is 0 Å². The Bertz CT molecular complexity index is 335. The second kappa shape index (κ2) is 6.18. The third-order valence-corrected chi connectivity index (χ3v) is 2.81. The van der Waals surface area contributed by atoms with Crippen LogP contribution in [0.3, 0.4) is 0 Å². The van der Waals surface area contributed by atoms with E-state index < -0.39 is 0 Å². The maximum atomic E-state index is 6.05. The maximum absolute atomic E-state index is 6.05. The average Bonchev–Trinajstić information content (AvgIpc) is 2.20. The lowest BCUT2D eigenvalue weighted by molar-refractivity contribution is 0.191. The molecular formula is C11H16Cl2N2O. The maximum Gasteiger partial charge on any atom is 0.0722 e. The minimum atomic E-state index is 0.235. The highest BCUT2D eigenvalue weighted by Gasteiger charge is 2.10. The average molecular weight is 263 g/mol. The third-order valence-electron chi connectivity index (χ3n) is 2.21. The predicted molar refractivity (Wildman–Crippen MR) is 70.5 cm³/mol. The number of hydrogen-bond donors (Lipinski definition) is 2. The number of nitrogens with two attached hydrogens (primary N) is 1. The first-order valence-corrected chi connectivity index (χ1v) is 5.80. The molecule has 0 saturated carbocycles. The van der Waals surface area contributed by atoms with Crippen LogP contribution < -0.4 is 11.1 Å². The molecule has 1 aromatic carbocycles. The molecule has 1 atom stereocenters. The van der Waals surface area contributed by atoms with Gasteiger partial charge in [-0.05, 0) is 25.5 Å². The molecular weight excluding hydrogens is 247 g/mol. The van der Waals surface area contributed by atoms with E-state index in [0.717, 1.165) is 12.1 Å². The van der Waals surface area contributed by atoms with Crippen LogP contribution >= 0.6 is 23.2 Å². The van der Waals surface area contributed by atoms with Crippen molar-refractivity contribution in [1.29, 1.82) is 0 Å². The standard InChI is InChI=1S/C11H16Cl2N2O/c1-7(3-4-16-2)15-11-9(12)5-8(14)6-10(11)13/h5-7,15H,3-4,14H2,1-2H3. The number of methoxy groups -OCH3 is 1. The molecule has 0 aliphatic rings. The molecule has 5 heteroatoms. The highest BCUT2D eigenvalue weighted by Crippen LogP contribution is 2.33. The summed E-state index contributed by atoms with van der Waals surface area (Å²) in [5, 5.41) is 4.31. The van der Waals surface area contributed by atoms with Gasteiger partial charge in [0.15, 0.2) is 0 Å². The first kappa shape index (κ1) is 13.4. The van der Waals surface area contributed by atoms with Crippen LogP contribution in [0.15, 0.2) is 12.1 Å². The Balaban J connectivity index is 2.73. The molecule has 0 bridgehead atoms. The van der Waals surface area contributed by atoms with E-state index in [2.05, 4.69) is 5.32 Å². The summed E-state index contributed by atoms with van der Waals surface area (Å²) in [7, 11) is 1.68. The lowest BCUT2D eigenvalue weighted by Crippen LogP contribution is -2.17. The molecule has 1 unspecified atom stereocenters. The van der Waals surface area contributed by atoms with Crippen LogP contribution in [-0.4, -0.2) is 19.8 Å². The van der Waals surface area contributed by atoms with E-state index in [0.29, 0.717) is 22.3 Å². The van der Waals surface area contributed by atoms with E-state index in [1.54, 1.807) is 19.2 Å². The summed E-state index contributed by atoms with van der Waals surface area (Å²) in [6, 6.07) is 3.59. The Morgan fingerprint density at radius 3 is 2.44 bits per heavy atom. The largest absolute Gasteiger partial charge is 0.399 e. The van der Waals surface area contributed by atoms with Crippen molar-refractivity contribution < 1.29 is 4.74 Å². The summed E-state index contributed by atoms with van der Waals surface area (Å²) >= 11 is 12.1. The summed E-state index contributed by atoms with van der Waals surface area (Å²) in [5.41, 5.74) is 6.91. The number of halogens is 2. The van der Waals surface area contributed by atoms with Crippen molar-refractivity contribution >= 4 is 34.6 Å². The SMILES string of the molecule is COCCC(C)Nc1c(Cl)cc(N)cc1Cl. The Morgan fingerprint density at radius 1 is 1.38 bits per heavy atom. The van der Waals surface area contributed by atoms with Gasteiger partial charge in [-0.1, -0.05) is 23.2 Å². The summed E-state index contributed by atoms with van der Waals surface area (Å²) in [6.07, 6.45) is 0.882. The second-order valence-corrected chi connectivity index (χ2v) is 4.50. The van der Waals surface area contributed by atoms with E-state index in [1.165, 1.54) is 0 Å². The molecule has 0 aliphatic heterocycles. The predicted octanol–water partition coefficient (Wildman–Crippen LogP) is 3.41. The number of rotatable bonds is 5. The Kier molecular flexibility index (Phi) is 5.19. The Hall–Kier alpha value is -0.640. The van der Waals surface area contributed by atoms with E-state index >= 15 is 0 Å². The lowest BCUT2D eigenvalue weighted by Gasteiger charge is -2.17. The molecule has 0 spiro atoms. The van der Waals surface area contributed by atoms with Crippen molar-refractivity contribution in [3.63, 3.8) is 0 Å². The lowest BCUT2D eigenvalue weighted by atomic mass is 10.2. The van der Waals surface area contributed by atoms with Gasteiger partial charge in [0.1, 0.15) is 0 Å². The normalized spacial score (nSPS) is 12.5. The summed E-state index contributed by atoms with van der Waals surface area (Å²) in [5.74, 6) is 0. The Labute approximate surface area is 106 Å². The molecule has 0 amide bonds. The third kappa shape index (κ3) is 3.74. The molecule has 90 valence electrons. The zero-order valence-corrected chi connectivity index (χ0v) is 10.9. The first-order chi connectivity index (χ1) is 7.54. The topological polar surface area (TPSA) is 47.3 Å². The van der Waals surface area contributed by atoms with Crippen molar-refractivity contribution in [2.75, 3.05) is 24.8 Å². The van der Waals surface area contributed by atoms with Crippen molar-refractivity contribution in [3.8, 4) is 0 Å². The number of benzene rings is 1. The molecule has 3 N–H and O–H groups in total. The summed E-state index contributed by atoms with van der Waals surface area (Å²) in [6.45, 7) is 2.74. The molecule has 16 heavy (non-hydrogen) atoms. The van der Waals surface area contributed by atoms with Crippen molar-refractivity contribution in [3.05, 3.63) is 22.2 Å². The van der Waals surface area contributed by atoms with Gasteiger partial charge in [0.05, 0.1) is 15.7 Å². The molecule has 0 aromatic heterocycles. The van der Waals surface area contributed by atoms with Gasteiger partial charge in [0, 0.05) is 25.4 Å². The van der Waals surface area contributed by atoms with E-state index in [-0.39, 0.29) is 6.04 Å². The number of hydrogen-bond acceptors (Lipinski definition) is 3. The highest BCUT2D eigenvalue weighted by molar-refractivity contribution is 6.39. The zero-order chi connectivity index (χ0) is 12.1. The van der Waals surface area contributed by atoms with Crippen LogP contribution in [0.1, 0.15) is 13.3 Å². The minimum absolute atomic E-state index is 0.235. The first-order valence-electron chi connectivity index (χ1n) is 5.04. The number of nitrogen functional groups attached to an aromatic ring is 1. The molecule has 0 radical (unpaired) electrons. The van der Waals surface area contributed by atoms with Crippen LogP contribution in [0, 0.1) is 0 Å². The van der Waals surface area contributed by atoms with Crippen LogP contribution in [0.2, 0.25) is 10.0 Å². The molecule has 0 heterocycles. The number of nitrogens with one attached hydrogen (secondary N) is 1. The molecule has 1 rings (SSSR count). The van der Waals surface area contributed by atoms with Gasteiger partial charge in [-0.25, -0.2) is 0 Å². The van der Waals surface area contributed by atoms with E-state index in [4.69, 9.17) is 33.7 Å². The smallest absolute Gasteiger partial charge is 0.0722 e. The van der Waals surface area contributed by atoms with Gasteiger partial charge in [-0.3, -0.25) is 0 Å². The van der Waals surface area contributed by atoms with Crippen molar-refractivity contribution in [1.82, 2.24) is 0 Å². The van der Waals surface area contributed by atoms with Crippen molar-refractivity contribution in [2.45, 2.75) is 19.4 Å². The van der Waals surface area contributed by atoms with E-state index in [9.17, 15) is 0 Å². The van der Waals surface area contributed by atoms with Crippen molar-refractivity contribution in [2.24, 2.45) is 0 Å². The fourth-order valence-corrected chi connectivity index (χ4v) is 1.96. The van der Waals surface area contributed by atoms with Gasteiger partial charge in [-0.15, -0.1) is 0 Å². The fourth-order valence-electron chi connectivity index (χ4n) is 1.34. The number of ether oxygens (including phenoxy) is 1. The minimum Gasteiger partial charge on any atom is -0.399 e. The fraction of sp³-hybridized carbons (Fsp3) is 0.455. The van der Waals surface area contributed by atoms with Gasteiger partial charge in [0.25, 0.3) is 0 Å². The highest BCUT2D eigenvalue weighted by atomic mass is 35.5. The Morgan fingerprint density at radius 2 is 1.94 bits per heavy atom. The molecule has 0 fully saturated rings. The van der Waals surface area contributed by atoms with E-state index in [1.807, 2.05) is 6.92 Å². The summed E-state index contributed by atoms with van der Waals surface area (Å²) in [4.78, 5) is 0. The second-order valence-electron chi connectivity index (χ2n) is 3.69. The molecule has 1 aromatic rings. The van der Waals surface area contributed by atoms with Gasteiger partial charge in [-0.2, -0.15) is 0 Å². The van der Waals surface area contributed by atoms with Crippen LogP contribution in [0.25, 0.3) is 0 Å². The zero-order valence-electron chi connectivity index (χ0n) is 9.39. The molecule has 0 saturated heterocycles. The van der Waals surface area contributed by atoms with Gasteiger partial charge in [0.2, 0.25) is 0 Å². The molecule has 0 aliphatic carbocycles. The van der Waals surface area contributed by atoms with Gasteiger partial charge < -0.3 is 15.8 Å².